The Morgan fingerprint density at radius 3 is 2.28 bits per heavy atom. The van der Waals surface area contributed by atoms with Crippen LogP contribution in [0.1, 0.15) is 103 Å². The summed E-state index contributed by atoms with van der Waals surface area (Å²) in [6, 6.07) is 8.56. The molecule has 1 aromatic carbocycles. The number of esters is 1. The second-order valence-corrected chi connectivity index (χ2v) is 17.4. The Morgan fingerprint density at radius 2 is 1.61 bits per heavy atom. The summed E-state index contributed by atoms with van der Waals surface area (Å²) in [7, 11) is 1.53. The molecule has 0 radical (unpaired) electrons. The minimum atomic E-state index is -1.89. The molecule has 17 unspecified atom stereocenters. The van der Waals surface area contributed by atoms with Crippen LogP contribution in [0.4, 0.5) is 0 Å². The number of hydrogen-bond donors (Lipinski definition) is 6. The minimum Gasteiger partial charge on any atom is -0.458 e. The van der Waals surface area contributed by atoms with Gasteiger partial charge in [0.25, 0.3) is 0 Å². The Hall–Kier alpha value is -2.01. The van der Waals surface area contributed by atoms with Crippen molar-refractivity contribution < 1.29 is 63.9 Å². The maximum atomic E-state index is 13.6. The number of carbonyl (C=O) groups excluding carboxylic acids is 1. The summed E-state index contributed by atoms with van der Waals surface area (Å²) in [5.74, 6) is -1.14. The maximum absolute atomic E-state index is 13.6. The summed E-state index contributed by atoms with van der Waals surface area (Å²) in [5, 5.41) is 70.2. The second-order valence-electron chi connectivity index (χ2n) is 17.4. The SMILES string of the molecule is COC1CC(OC2C(O)CC(OC3CCC4(C)C(=CCC5(O)C4CC(OC(=O)c4ccccc4)C4(C)C(O)(C(C)O)CCC54O)C3)OC2C)OC(C)C1O. The highest BCUT2D eigenvalue weighted by atomic mass is 16.7. The van der Waals surface area contributed by atoms with E-state index in [1.165, 1.54) is 14.0 Å². The smallest absolute Gasteiger partial charge is 0.338 e. The molecule has 2 aliphatic heterocycles. The predicted molar refractivity (Wildman–Crippen MR) is 193 cm³/mol. The molecule has 13 heteroatoms. The molecular formula is C41H60O13. The highest BCUT2D eigenvalue weighted by Crippen LogP contribution is 2.71. The number of methoxy groups -OCH3 is 1. The number of ether oxygens (including phenoxy) is 6. The summed E-state index contributed by atoms with van der Waals surface area (Å²) in [6.45, 7) is 8.79. The molecule has 2 saturated heterocycles. The predicted octanol–water partition coefficient (Wildman–Crippen LogP) is 2.90. The van der Waals surface area contributed by atoms with E-state index in [0.29, 0.717) is 31.2 Å². The quantitative estimate of drug-likeness (QED) is 0.168. The van der Waals surface area contributed by atoms with Gasteiger partial charge in [-0.05, 0) is 83.3 Å². The fraction of sp³-hybridized carbons (Fsp3) is 0.780. The number of carbonyl (C=O) groups is 1. The molecule has 302 valence electrons. The molecule has 5 fully saturated rings. The molecular weight excluding hydrogens is 700 g/mol. The first kappa shape index (κ1) is 40.2. The van der Waals surface area contributed by atoms with E-state index >= 15 is 0 Å². The molecule has 0 aromatic heterocycles. The molecule has 0 bridgehead atoms. The van der Waals surface area contributed by atoms with Crippen molar-refractivity contribution in [2.24, 2.45) is 16.7 Å². The zero-order valence-corrected chi connectivity index (χ0v) is 32.3. The Balaban J connectivity index is 1.07. The van der Waals surface area contributed by atoms with Gasteiger partial charge in [0.05, 0.1) is 47.6 Å². The number of aliphatic hydroxyl groups is 6. The van der Waals surface area contributed by atoms with E-state index in [1.54, 1.807) is 44.2 Å². The Kier molecular flexibility index (Phi) is 10.7. The Bertz CT molecular complexity index is 1540. The zero-order valence-electron chi connectivity index (χ0n) is 32.3. The summed E-state index contributed by atoms with van der Waals surface area (Å²) in [5.41, 5.74) is -6.18. The van der Waals surface area contributed by atoms with Crippen LogP contribution in [0.3, 0.4) is 0 Å². The van der Waals surface area contributed by atoms with Crippen LogP contribution in [0.15, 0.2) is 42.0 Å². The van der Waals surface area contributed by atoms with Gasteiger partial charge in [-0.2, -0.15) is 0 Å². The van der Waals surface area contributed by atoms with Gasteiger partial charge in [-0.3, -0.25) is 0 Å². The first-order valence-electron chi connectivity index (χ1n) is 19.7. The van der Waals surface area contributed by atoms with E-state index in [0.717, 1.165) is 5.57 Å². The van der Waals surface area contributed by atoms with E-state index in [-0.39, 0.29) is 38.2 Å². The van der Waals surface area contributed by atoms with E-state index in [9.17, 15) is 35.4 Å². The molecule has 2 heterocycles. The van der Waals surface area contributed by atoms with Gasteiger partial charge in [0.2, 0.25) is 0 Å². The van der Waals surface area contributed by atoms with Gasteiger partial charge < -0.3 is 59.1 Å². The largest absolute Gasteiger partial charge is 0.458 e. The summed E-state index contributed by atoms with van der Waals surface area (Å²) in [6.07, 6.45) is -3.06. The van der Waals surface area contributed by atoms with Gasteiger partial charge >= 0.3 is 5.97 Å². The second kappa shape index (κ2) is 14.4. The molecule has 13 nitrogen and oxygen atoms in total. The highest BCUT2D eigenvalue weighted by molar-refractivity contribution is 5.89. The van der Waals surface area contributed by atoms with Crippen molar-refractivity contribution in [1.29, 1.82) is 0 Å². The van der Waals surface area contributed by atoms with Crippen LogP contribution in [0.2, 0.25) is 0 Å². The highest BCUT2D eigenvalue weighted by Gasteiger charge is 2.81. The third kappa shape index (κ3) is 6.12. The van der Waals surface area contributed by atoms with Crippen molar-refractivity contribution in [2.75, 3.05) is 7.11 Å². The Labute approximate surface area is 317 Å². The zero-order chi connectivity index (χ0) is 39.0. The van der Waals surface area contributed by atoms with Crippen molar-refractivity contribution >= 4 is 5.97 Å². The molecule has 54 heavy (non-hydrogen) atoms. The number of benzene rings is 1. The average molecular weight is 761 g/mol. The number of rotatable bonds is 8. The van der Waals surface area contributed by atoms with Crippen LogP contribution < -0.4 is 0 Å². The first-order valence-corrected chi connectivity index (χ1v) is 19.7. The summed E-state index contributed by atoms with van der Waals surface area (Å²) in [4.78, 5) is 13.6. The normalized spacial score (nSPS) is 49.6. The topological polar surface area (TPSA) is 194 Å². The first-order chi connectivity index (χ1) is 25.4. The monoisotopic (exact) mass is 760 g/mol. The van der Waals surface area contributed by atoms with Gasteiger partial charge in [0, 0.05) is 25.9 Å². The van der Waals surface area contributed by atoms with E-state index in [4.69, 9.17) is 28.4 Å². The minimum absolute atomic E-state index is 0.0212. The fourth-order valence-electron chi connectivity index (χ4n) is 11.4. The molecule has 4 aliphatic carbocycles. The van der Waals surface area contributed by atoms with Crippen molar-refractivity contribution in [1.82, 2.24) is 0 Å². The van der Waals surface area contributed by atoms with Crippen LogP contribution in [0.5, 0.6) is 0 Å². The molecule has 0 amide bonds. The molecule has 1 aromatic rings. The van der Waals surface area contributed by atoms with Crippen molar-refractivity contribution in [3.63, 3.8) is 0 Å². The van der Waals surface area contributed by atoms with Gasteiger partial charge in [-0.25, -0.2) is 4.79 Å². The molecule has 0 spiro atoms. The maximum Gasteiger partial charge on any atom is 0.338 e. The van der Waals surface area contributed by atoms with E-state index < -0.39 is 101 Å². The third-order valence-electron chi connectivity index (χ3n) is 14.8. The summed E-state index contributed by atoms with van der Waals surface area (Å²) < 4.78 is 36.4. The number of hydrogen-bond acceptors (Lipinski definition) is 13. The lowest BCUT2D eigenvalue weighted by Crippen LogP contribution is -2.78. The average Bonchev–Trinajstić information content (AvgIpc) is 3.37. The lowest BCUT2D eigenvalue weighted by Gasteiger charge is -2.67. The van der Waals surface area contributed by atoms with Gasteiger partial charge in [-0.1, -0.05) is 43.7 Å². The van der Waals surface area contributed by atoms with Crippen LogP contribution in [-0.2, 0) is 28.4 Å². The van der Waals surface area contributed by atoms with Crippen molar-refractivity contribution in [3.05, 3.63) is 47.5 Å². The van der Waals surface area contributed by atoms with Gasteiger partial charge in [0.15, 0.2) is 12.6 Å². The van der Waals surface area contributed by atoms with E-state index in [1.807, 2.05) is 13.0 Å². The molecule has 17 atom stereocenters. The molecule has 6 aliphatic rings. The van der Waals surface area contributed by atoms with Crippen LogP contribution in [-0.4, -0.2) is 128 Å². The van der Waals surface area contributed by atoms with Crippen molar-refractivity contribution in [2.45, 2.75) is 177 Å². The third-order valence-corrected chi connectivity index (χ3v) is 14.8. The van der Waals surface area contributed by atoms with Crippen molar-refractivity contribution in [3.8, 4) is 0 Å². The van der Waals surface area contributed by atoms with E-state index in [2.05, 4.69) is 6.92 Å². The lowest BCUT2D eigenvalue weighted by atomic mass is 9.42. The standard InChI is InChI=1S/C41H60O13/c1-22-34(44)29(49-6)20-33(50-22)54-35-23(2)51-32(19-28(35)43)52-27-13-14-37(4)26(18-27)12-15-40(47)30(37)21-31(53-36(45)25-10-8-7-9-11-25)38(5)39(46,24(3)42)16-17-41(38,40)48/h7-12,22-24,27-35,42-44,46-48H,13-21H2,1-6H3. The molecule has 3 saturated carbocycles. The van der Waals surface area contributed by atoms with Gasteiger partial charge in [-0.15, -0.1) is 0 Å². The lowest BCUT2D eigenvalue weighted by molar-refractivity contribution is -0.326. The molecule has 7 rings (SSSR count). The van der Waals surface area contributed by atoms with Crippen LogP contribution in [0.25, 0.3) is 0 Å². The summed E-state index contributed by atoms with van der Waals surface area (Å²) >= 11 is 0. The molecule has 6 N–H and O–H groups in total. The number of fused-ring (bicyclic) bond motifs is 5. The Morgan fingerprint density at radius 1 is 0.926 bits per heavy atom. The van der Waals surface area contributed by atoms with Crippen LogP contribution in [0, 0.1) is 16.7 Å². The fourth-order valence-corrected chi connectivity index (χ4v) is 11.4. The van der Waals surface area contributed by atoms with Gasteiger partial charge in [0.1, 0.15) is 35.1 Å². The number of aliphatic hydroxyl groups excluding tert-OH is 3. The van der Waals surface area contributed by atoms with Crippen LogP contribution >= 0.6 is 0 Å².